The lowest BCUT2D eigenvalue weighted by Gasteiger charge is -2.26. The summed E-state index contributed by atoms with van der Waals surface area (Å²) < 4.78 is 10.7. The summed E-state index contributed by atoms with van der Waals surface area (Å²) in [5.74, 6) is 0.694. The molecular formula is C16H25NO3. The zero-order valence-electron chi connectivity index (χ0n) is 12.9. The number of nitrogens with zero attached hydrogens (tertiary/aromatic N) is 1. The standard InChI is InChI=1S/C16H25NO3/c1-5-19-15-10-8-7-9-14(15)11-17(13(3)4)12-16(18)20-6-2/h7-10,13H,5-6,11-12H2,1-4H3. The highest BCUT2D eigenvalue weighted by Crippen LogP contribution is 2.20. The molecule has 0 radical (unpaired) electrons. The molecule has 0 amide bonds. The van der Waals surface area contributed by atoms with E-state index in [1.54, 1.807) is 0 Å². The van der Waals surface area contributed by atoms with Gasteiger partial charge in [0.05, 0.1) is 19.8 Å². The van der Waals surface area contributed by atoms with Crippen LogP contribution in [0.1, 0.15) is 33.3 Å². The number of hydrogen-bond acceptors (Lipinski definition) is 4. The molecule has 0 aromatic heterocycles. The van der Waals surface area contributed by atoms with Gasteiger partial charge >= 0.3 is 5.97 Å². The number of para-hydroxylation sites is 1. The molecule has 0 bridgehead atoms. The summed E-state index contributed by atoms with van der Waals surface area (Å²) >= 11 is 0. The predicted octanol–water partition coefficient (Wildman–Crippen LogP) is 2.86. The number of ether oxygens (including phenoxy) is 2. The van der Waals surface area contributed by atoms with Crippen molar-refractivity contribution in [1.82, 2.24) is 4.90 Å². The zero-order valence-corrected chi connectivity index (χ0v) is 12.9. The normalized spacial score (nSPS) is 10.9. The molecule has 0 N–H and O–H groups in total. The Labute approximate surface area is 121 Å². The fourth-order valence-corrected chi connectivity index (χ4v) is 1.94. The van der Waals surface area contributed by atoms with Gasteiger partial charge in [-0.15, -0.1) is 0 Å². The average molecular weight is 279 g/mol. The van der Waals surface area contributed by atoms with Gasteiger partial charge in [-0.1, -0.05) is 18.2 Å². The minimum atomic E-state index is -0.185. The van der Waals surface area contributed by atoms with E-state index in [2.05, 4.69) is 18.7 Å². The molecule has 4 heteroatoms. The maximum absolute atomic E-state index is 11.7. The lowest BCUT2D eigenvalue weighted by molar-refractivity contribution is -0.145. The second-order valence-electron chi connectivity index (χ2n) is 4.84. The Hall–Kier alpha value is -1.55. The number of esters is 1. The van der Waals surface area contributed by atoms with Crippen molar-refractivity contribution in [3.63, 3.8) is 0 Å². The van der Waals surface area contributed by atoms with Gasteiger partial charge in [0.1, 0.15) is 5.75 Å². The molecule has 0 unspecified atom stereocenters. The van der Waals surface area contributed by atoms with Crippen LogP contribution in [-0.2, 0) is 16.1 Å². The van der Waals surface area contributed by atoms with Crippen LogP contribution in [-0.4, -0.2) is 36.7 Å². The van der Waals surface area contributed by atoms with Crippen LogP contribution in [0.25, 0.3) is 0 Å². The Kier molecular flexibility index (Phi) is 7.09. The predicted molar refractivity (Wildman–Crippen MR) is 79.8 cm³/mol. The van der Waals surface area contributed by atoms with Crippen LogP contribution in [0.3, 0.4) is 0 Å². The highest BCUT2D eigenvalue weighted by atomic mass is 16.5. The first-order valence-electron chi connectivity index (χ1n) is 7.18. The van der Waals surface area contributed by atoms with Gasteiger partial charge in [0.2, 0.25) is 0 Å². The number of carbonyl (C=O) groups excluding carboxylic acids is 1. The van der Waals surface area contributed by atoms with E-state index in [1.807, 2.05) is 38.1 Å². The van der Waals surface area contributed by atoms with Gasteiger partial charge in [-0.05, 0) is 33.8 Å². The second kappa shape index (κ2) is 8.59. The van der Waals surface area contributed by atoms with E-state index in [4.69, 9.17) is 9.47 Å². The molecule has 4 nitrogen and oxygen atoms in total. The first kappa shape index (κ1) is 16.5. The van der Waals surface area contributed by atoms with Crippen molar-refractivity contribution in [2.75, 3.05) is 19.8 Å². The van der Waals surface area contributed by atoms with Crippen LogP contribution < -0.4 is 4.74 Å². The van der Waals surface area contributed by atoms with Crippen molar-refractivity contribution < 1.29 is 14.3 Å². The molecule has 0 fully saturated rings. The molecule has 1 aromatic rings. The monoisotopic (exact) mass is 279 g/mol. The van der Waals surface area contributed by atoms with E-state index < -0.39 is 0 Å². The van der Waals surface area contributed by atoms with Crippen LogP contribution in [0.2, 0.25) is 0 Å². The molecule has 0 aliphatic carbocycles. The number of rotatable bonds is 8. The summed E-state index contributed by atoms with van der Waals surface area (Å²) in [6.45, 7) is 9.96. The van der Waals surface area contributed by atoms with E-state index in [9.17, 15) is 4.79 Å². The highest BCUT2D eigenvalue weighted by molar-refractivity contribution is 5.71. The molecule has 0 atom stereocenters. The van der Waals surface area contributed by atoms with Crippen molar-refractivity contribution in [3.8, 4) is 5.75 Å². The van der Waals surface area contributed by atoms with Crippen molar-refractivity contribution in [3.05, 3.63) is 29.8 Å². The largest absolute Gasteiger partial charge is 0.494 e. The van der Waals surface area contributed by atoms with Gasteiger partial charge in [-0.25, -0.2) is 0 Å². The zero-order chi connectivity index (χ0) is 15.0. The van der Waals surface area contributed by atoms with Crippen LogP contribution in [0.15, 0.2) is 24.3 Å². The van der Waals surface area contributed by atoms with Gasteiger partial charge < -0.3 is 9.47 Å². The molecule has 0 saturated carbocycles. The van der Waals surface area contributed by atoms with Gasteiger partial charge in [0, 0.05) is 18.2 Å². The smallest absolute Gasteiger partial charge is 0.320 e. The van der Waals surface area contributed by atoms with Crippen LogP contribution in [0, 0.1) is 0 Å². The van der Waals surface area contributed by atoms with E-state index in [-0.39, 0.29) is 12.0 Å². The highest BCUT2D eigenvalue weighted by Gasteiger charge is 2.17. The van der Waals surface area contributed by atoms with Gasteiger partial charge in [0.25, 0.3) is 0 Å². The Bertz CT molecular complexity index is 418. The van der Waals surface area contributed by atoms with Crippen molar-refractivity contribution in [1.29, 1.82) is 0 Å². The molecule has 1 rings (SSSR count). The second-order valence-corrected chi connectivity index (χ2v) is 4.84. The van der Waals surface area contributed by atoms with E-state index in [1.165, 1.54) is 0 Å². The summed E-state index contributed by atoms with van der Waals surface area (Å²) in [7, 11) is 0. The number of benzene rings is 1. The summed E-state index contributed by atoms with van der Waals surface area (Å²) in [6, 6.07) is 8.20. The molecular weight excluding hydrogens is 254 g/mol. The van der Waals surface area contributed by atoms with Gasteiger partial charge in [-0.3, -0.25) is 9.69 Å². The molecule has 112 valence electrons. The molecule has 0 spiro atoms. The lowest BCUT2D eigenvalue weighted by atomic mass is 10.1. The SMILES string of the molecule is CCOC(=O)CN(Cc1ccccc1OCC)C(C)C. The third-order valence-corrected chi connectivity index (χ3v) is 3.01. The molecule has 0 aliphatic rings. The van der Waals surface area contributed by atoms with Crippen molar-refractivity contribution in [2.45, 2.75) is 40.3 Å². The Morgan fingerprint density at radius 2 is 1.90 bits per heavy atom. The number of carbonyl (C=O) groups is 1. The quantitative estimate of drug-likeness (QED) is 0.686. The van der Waals surface area contributed by atoms with E-state index in [0.717, 1.165) is 11.3 Å². The molecule has 0 heterocycles. The molecule has 0 aliphatic heterocycles. The molecule has 0 saturated heterocycles. The molecule has 1 aromatic carbocycles. The fourth-order valence-electron chi connectivity index (χ4n) is 1.94. The van der Waals surface area contributed by atoms with Crippen LogP contribution in [0.4, 0.5) is 0 Å². The van der Waals surface area contributed by atoms with Crippen LogP contribution >= 0.6 is 0 Å². The van der Waals surface area contributed by atoms with Gasteiger partial charge in [0.15, 0.2) is 0 Å². The third kappa shape index (κ3) is 5.21. The summed E-state index contributed by atoms with van der Waals surface area (Å²) in [5, 5.41) is 0. The minimum absolute atomic E-state index is 0.185. The summed E-state index contributed by atoms with van der Waals surface area (Å²) in [6.07, 6.45) is 0. The Morgan fingerprint density at radius 3 is 2.50 bits per heavy atom. The molecule has 20 heavy (non-hydrogen) atoms. The average Bonchev–Trinajstić information content (AvgIpc) is 2.40. The third-order valence-electron chi connectivity index (χ3n) is 3.01. The summed E-state index contributed by atoms with van der Waals surface area (Å²) in [5.41, 5.74) is 1.09. The van der Waals surface area contributed by atoms with Crippen molar-refractivity contribution in [2.24, 2.45) is 0 Å². The minimum Gasteiger partial charge on any atom is -0.494 e. The number of hydrogen-bond donors (Lipinski definition) is 0. The van der Waals surface area contributed by atoms with Crippen molar-refractivity contribution >= 4 is 5.97 Å². The lowest BCUT2D eigenvalue weighted by Crippen LogP contribution is -2.36. The fraction of sp³-hybridized carbons (Fsp3) is 0.562. The maximum atomic E-state index is 11.7. The Morgan fingerprint density at radius 1 is 1.20 bits per heavy atom. The van der Waals surface area contributed by atoms with Gasteiger partial charge in [-0.2, -0.15) is 0 Å². The topological polar surface area (TPSA) is 38.8 Å². The van der Waals surface area contributed by atoms with E-state index in [0.29, 0.717) is 26.3 Å². The Balaban J connectivity index is 2.77. The summed E-state index contributed by atoms with van der Waals surface area (Å²) in [4.78, 5) is 13.7. The first-order chi connectivity index (χ1) is 9.58. The maximum Gasteiger partial charge on any atom is 0.320 e. The van der Waals surface area contributed by atoms with E-state index >= 15 is 0 Å². The van der Waals surface area contributed by atoms with Crippen LogP contribution in [0.5, 0.6) is 5.75 Å². The first-order valence-corrected chi connectivity index (χ1v) is 7.18.